The van der Waals surface area contributed by atoms with Crippen LogP contribution in [-0.2, 0) is 6.42 Å². The third kappa shape index (κ3) is 3.68. The molecule has 1 unspecified atom stereocenters. The molecule has 3 rings (SSSR count). The Balaban J connectivity index is 1.52. The summed E-state index contributed by atoms with van der Waals surface area (Å²) in [5, 5.41) is 9.94. The zero-order valence-corrected chi connectivity index (χ0v) is 12.5. The molecule has 0 radical (unpaired) electrons. The van der Waals surface area contributed by atoms with Crippen molar-refractivity contribution in [1.29, 1.82) is 0 Å². The Morgan fingerprint density at radius 3 is 2.57 bits per heavy atom. The number of ether oxygens (including phenoxy) is 2. The van der Waals surface area contributed by atoms with Crippen molar-refractivity contribution in [3.63, 3.8) is 0 Å². The molecule has 0 aromatic heterocycles. The van der Waals surface area contributed by atoms with Crippen LogP contribution in [0.4, 0.5) is 4.39 Å². The lowest BCUT2D eigenvalue weighted by Gasteiger charge is -2.15. The standard InChI is InChI=1S/C18H17FO4/c19-12-4-6-14(7-5-12)22-10-13(20)11-23-18-3-1-2-15-16(18)8-9-17(15)21/h1-7,13,20H,8-11H2. The number of hydrogen-bond acceptors (Lipinski definition) is 4. The molecule has 4 nitrogen and oxygen atoms in total. The smallest absolute Gasteiger partial charge is 0.163 e. The molecule has 120 valence electrons. The number of ketones is 1. The topological polar surface area (TPSA) is 55.8 Å². The number of carbonyl (C=O) groups is 1. The molecule has 1 atom stereocenters. The number of hydrogen-bond donors (Lipinski definition) is 1. The summed E-state index contributed by atoms with van der Waals surface area (Å²) in [4.78, 5) is 11.7. The predicted molar refractivity (Wildman–Crippen MR) is 82.5 cm³/mol. The Morgan fingerprint density at radius 1 is 1.04 bits per heavy atom. The Bertz CT molecular complexity index is 697. The number of benzene rings is 2. The average molecular weight is 316 g/mol. The number of aliphatic hydroxyl groups is 1. The van der Waals surface area contributed by atoms with Crippen LogP contribution in [0.5, 0.6) is 11.5 Å². The summed E-state index contributed by atoms with van der Waals surface area (Å²) >= 11 is 0. The van der Waals surface area contributed by atoms with Gasteiger partial charge in [-0.15, -0.1) is 0 Å². The number of rotatable bonds is 6. The highest BCUT2D eigenvalue weighted by molar-refractivity contribution is 6.01. The van der Waals surface area contributed by atoms with Crippen molar-refractivity contribution in [1.82, 2.24) is 0 Å². The first-order valence-electron chi connectivity index (χ1n) is 7.48. The van der Waals surface area contributed by atoms with Crippen LogP contribution in [0.25, 0.3) is 0 Å². The van der Waals surface area contributed by atoms with E-state index in [1.807, 2.05) is 0 Å². The minimum absolute atomic E-state index is 0.0413. The van der Waals surface area contributed by atoms with Crippen molar-refractivity contribution in [3.05, 3.63) is 59.4 Å². The molecule has 0 aliphatic heterocycles. The minimum Gasteiger partial charge on any atom is -0.491 e. The molecule has 1 aliphatic carbocycles. The molecule has 0 spiro atoms. The average Bonchev–Trinajstić information content (AvgIpc) is 2.94. The molecule has 0 fully saturated rings. The maximum atomic E-state index is 12.8. The largest absolute Gasteiger partial charge is 0.491 e. The summed E-state index contributed by atoms with van der Waals surface area (Å²) in [6.07, 6.45) is 0.353. The Hall–Kier alpha value is -2.40. The molecule has 1 aliphatic rings. The van der Waals surface area contributed by atoms with Gasteiger partial charge < -0.3 is 14.6 Å². The number of halogens is 1. The second-order valence-corrected chi connectivity index (χ2v) is 5.44. The van der Waals surface area contributed by atoms with Gasteiger partial charge in [-0.1, -0.05) is 12.1 Å². The van der Waals surface area contributed by atoms with Gasteiger partial charge in [0.15, 0.2) is 5.78 Å². The lowest BCUT2D eigenvalue weighted by Crippen LogP contribution is -2.25. The van der Waals surface area contributed by atoms with E-state index >= 15 is 0 Å². The number of carbonyl (C=O) groups excluding carboxylic acids is 1. The maximum Gasteiger partial charge on any atom is 0.163 e. The van der Waals surface area contributed by atoms with Gasteiger partial charge in [-0.3, -0.25) is 4.79 Å². The van der Waals surface area contributed by atoms with Crippen molar-refractivity contribution in [3.8, 4) is 11.5 Å². The van der Waals surface area contributed by atoms with E-state index in [0.29, 0.717) is 29.9 Å². The van der Waals surface area contributed by atoms with Crippen molar-refractivity contribution in [2.45, 2.75) is 18.9 Å². The summed E-state index contributed by atoms with van der Waals surface area (Å²) in [7, 11) is 0. The molecule has 0 amide bonds. The molecule has 23 heavy (non-hydrogen) atoms. The first kappa shape index (κ1) is 15.5. The van der Waals surface area contributed by atoms with E-state index in [2.05, 4.69) is 0 Å². The summed E-state index contributed by atoms with van der Waals surface area (Å²) in [5.74, 6) is 0.908. The summed E-state index contributed by atoms with van der Waals surface area (Å²) in [6.45, 7) is 0.103. The molecule has 2 aromatic rings. The normalized spacial score (nSPS) is 14.4. The van der Waals surface area contributed by atoms with Crippen molar-refractivity contribution < 1.29 is 23.8 Å². The third-order valence-corrected chi connectivity index (χ3v) is 3.72. The molecule has 1 N–H and O–H groups in total. The fourth-order valence-electron chi connectivity index (χ4n) is 2.55. The molecule has 2 aromatic carbocycles. The maximum absolute atomic E-state index is 12.8. The van der Waals surface area contributed by atoms with Crippen LogP contribution in [0.3, 0.4) is 0 Å². The van der Waals surface area contributed by atoms with Crippen LogP contribution < -0.4 is 9.47 Å². The van der Waals surface area contributed by atoms with Crippen LogP contribution in [-0.4, -0.2) is 30.2 Å². The second-order valence-electron chi connectivity index (χ2n) is 5.44. The van der Waals surface area contributed by atoms with E-state index < -0.39 is 6.10 Å². The van der Waals surface area contributed by atoms with Crippen LogP contribution in [0.2, 0.25) is 0 Å². The second kappa shape index (κ2) is 6.79. The lowest BCUT2D eigenvalue weighted by molar-refractivity contribution is 0.0623. The van der Waals surface area contributed by atoms with E-state index in [1.54, 1.807) is 18.2 Å². The highest BCUT2D eigenvalue weighted by atomic mass is 19.1. The molecule has 0 saturated heterocycles. The van der Waals surface area contributed by atoms with Crippen molar-refractivity contribution >= 4 is 5.78 Å². The van der Waals surface area contributed by atoms with Gasteiger partial charge in [-0.05, 0) is 36.8 Å². The number of Topliss-reactive ketones (excluding diaryl/α,β-unsaturated/α-hetero) is 1. The summed E-state index contributed by atoms with van der Waals surface area (Å²) < 4.78 is 23.8. The fraction of sp³-hybridized carbons (Fsp3) is 0.278. The number of aliphatic hydroxyl groups excluding tert-OH is 1. The van der Waals surface area contributed by atoms with E-state index in [4.69, 9.17) is 9.47 Å². The van der Waals surface area contributed by atoms with Gasteiger partial charge >= 0.3 is 0 Å². The Labute approximate surface area is 133 Å². The first-order chi connectivity index (χ1) is 11.1. The van der Waals surface area contributed by atoms with Crippen molar-refractivity contribution in [2.24, 2.45) is 0 Å². The summed E-state index contributed by atoms with van der Waals surface area (Å²) in [5.41, 5.74) is 1.61. The SMILES string of the molecule is O=C1CCc2c(OCC(O)COc3ccc(F)cc3)cccc21. The first-order valence-corrected chi connectivity index (χ1v) is 7.48. The van der Waals surface area contributed by atoms with Gasteiger partial charge in [-0.25, -0.2) is 4.39 Å². The van der Waals surface area contributed by atoms with E-state index in [9.17, 15) is 14.3 Å². The zero-order chi connectivity index (χ0) is 16.2. The lowest BCUT2D eigenvalue weighted by atomic mass is 10.1. The third-order valence-electron chi connectivity index (χ3n) is 3.72. The molecule has 0 heterocycles. The minimum atomic E-state index is -0.826. The van der Waals surface area contributed by atoms with Crippen LogP contribution >= 0.6 is 0 Å². The Kier molecular flexibility index (Phi) is 4.57. The Morgan fingerprint density at radius 2 is 1.78 bits per heavy atom. The molecule has 5 heteroatoms. The van der Waals surface area contributed by atoms with E-state index in [1.165, 1.54) is 24.3 Å². The monoisotopic (exact) mass is 316 g/mol. The van der Waals surface area contributed by atoms with E-state index in [-0.39, 0.29) is 24.8 Å². The molecule has 0 bridgehead atoms. The summed E-state index contributed by atoms with van der Waals surface area (Å²) in [6, 6.07) is 11.0. The zero-order valence-electron chi connectivity index (χ0n) is 12.5. The van der Waals surface area contributed by atoms with Gasteiger partial charge in [0.05, 0.1) is 0 Å². The van der Waals surface area contributed by atoms with Crippen LogP contribution in [0.15, 0.2) is 42.5 Å². The van der Waals surface area contributed by atoms with Gasteiger partial charge in [-0.2, -0.15) is 0 Å². The quantitative estimate of drug-likeness (QED) is 0.890. The van der Waals surface area contributed by atoms with Crippen molar-refractivity contribution in [2.75, 3.05) is 13.2 Å². The number of fused-ring (bicyclic) bond motifs is 1. The van der Waals surface area contributed by atoms with Crippen LogP contribution in [0.1, 0.15) is 22.3 Å². The highest BCUT2D eigenvalue weighted by Gasteiger charge is 2.22. The van der Waals surface area contributed by atoms with Gasteiger partial charge in [0.2, 0.25) is 0 Å². The fourth-order valence-corrected chi connectivity index (χ4v) is 2.55. The van der Waals surface area contributed by atoms with Crippen LogP contribution in [0, 0.1) is 5.82 Å². The van der Waals surface area contributed by atoms with Gasteiger partial charge in [0, 0.05) is 17.5 Å². The predicted octanol–water partition coefficient (Wildman–Crippen LogP) is 2.77. The highest BCUT2D eigenvalue weighted by Crippen LogP contribution is 2.30. The van der Waals surface area contributed by atoms with Gasteiger partial charge in [0.25, 0.3) is 0 Å². The van der Waals surface area contributed by atoms with Gasteiger partial charge in [0.1, 0.15) is 36.6 Å². The molecular weight excluding hydrogens is 299 g/mol. The molecular formula is C18H17FO4. The molecule has 0 saturated carbocycles. The van der Waals surface area contributed by atoms with E-state index in [0.717, 1.165) is 5.56 Å².